The monoisotopic (exact) mass is 411 g/mol. The molecule has 0 fully saturated rings. The predicted octanol–water partition coefficient (Wildman–Crippen LogP) is 3.27. The molecule has 0 bridgehead atoms. The van der Waals surface area contributed by atoms with Crippen LogP contribution in [0.3, 0.4) is 0 Å². The lowest BCUT2D eigenvalue weighted by molar-refractivity contribution is -0.120. The molecule has 2 N–H and O–H groups in total. The first-order valence-electron chi connectivity index (χ1n) is 9.60. The summed E-state index contributed by atoms with van der Waals surface area (Å²) in [6.45, 7) is 8.07. The number of nitrogens with zero attached hydrogens (tertiary/aromatic N) is 1. The van der Waals surface area contributed by atoms with Gasteiger partial charge in [0.1, 0.15) is 0 Å². The van der Waals surface area contributed by atoms with E-state index >= 15 is 0 Å². The molecule has 30 heavy (non-hydrogen) atoms. The molecule has 2 aromatic carbocycles. The number of nitrogens with one attached hydrogen (secondary N) is 2. The van der Waals surface area contributed by atoms with E-state index in [1.165, 1.54) is 19.8 Å². The van der Waals surface area contributed by atoms with Crippen LogP contribution in [0.1, 0.15) is 49.2 Å². The van der Waals surface area contributed by atoms with Gasteiger partial charge in [0.25, 0.3) is 11.8 Å². The van der Waals surface area contributed by atoms with Gasteiger partial charge in [-0.15, -0.1) is 0 Å². The fraction of sp³-hybridized carbons (Fsp3) is 0.348. The van der Waals surface area contributed by atoms with Crippen LogP contribution in [0.2, 0.25) is 0 Å². The number of benzene rings is 2. The van der Waals surface area contributed by atoms with Crippen LogP contribution in [0.15, 0.2) is 47.6 Å². The summed E-state index contributed by atoms with van der Waals surface area (Å²) in [5, 5.41) is 6.67. The maximum absolute atomic E-state index is 12.3. The van der Waals surface area contributed by atoms with Crippen LogP contribution in [-0.4, -0.2) is 38.3 Å². The Hall–Kier alpha value is -3.35. The van der Waals surface area contributed by atoms with Crippen LogP contribution >= 0.6 is 0 Å². The van der Waals surface area contributed by atoms with Crippen molar-refractivity contribution < 1.29 is 19.1 Å². The van der Waals surface area contributed by atoms with E-state index in [4.69, 9.17) is 9.47 Å². The Kier molecular flexibility index (Phi) is 7.58. The van der Waals surface area contributed by atoms with Crippen molar-refractivity contribution in [1.82, 2.24) is 10.7 Å². The maximum atomic E-state index is 12.3. The molecule has 0 spiro atoms. The van der Waals surface area contributed by atoms with Gasteiger partial charge in [-0.05, 0) is 41.7 Å². The Morgan fingerprint density at radius 2 is 1.53 bits per heavy atom. The highest BCUT2D eigenvalue weighted by molar-refractivity contribution is 6.00. The molecule has 2 rings (SSSR count). The van der Waals surface area contributed by atoms with E-state index in [1.54, 1.807) is 18.2 Å². The molecule has 2 amide bonds. The van der Waals surface area contributed by atoms with Crippen molar-refractivity contribution in [3.63, 3.8) is 0 Å². The molecule has 0 aliphatic rings. The van der Waals surface area contributed by atoms with Gasteiger partial charge in [0.2, 0.25) is 0 Å². The van der Waals surface area contributed by atoms with Gasteiger partial charge in [-0.25, -0.2) is 5.43 Å². The minimum atomic E-state index is -0.422. The minimum Gasteiger partial charge on any atom is -0.493 e. The van der Waals surface area contributed by atoms with Crippen LogP contribution in [0.5, 0.6) is 11.5 Å². The Bertz CT molecular complexity index is 928. The smallest absolute Gasteiger partial charge is 0.259 e. The first-order valence-corrected chi connectivity index (χ1v) is 9.60. The lowest BCUT2D eigenvalue weighted by Gasteiger charge is -2.19. The van der Waals surface area contributed by atoms with Crippen LogP contribution in [0.25, 0.3) is 0 Å². The fourth-order valence-corrected chi connectivity index (χ4v) is 2.70. The molecule has 0 saturated carbocycles. The zero-order valence-corrected chi connectivity index (χ0v) is 18.3. The molecule has 0 atom stereocenters. The number of rotatable bonds is 7. The van der Waals surface area contributed by atoms with E-state index in [0.717, 1.165) is 5.56 Å². The average Bonchev–Trinajstić information content (AvgIpc) is 2.74. The predicted molar refractivity (Wildman–Crippen MR) is 117 cm³/mol. The van der Waals surface area contributed by atoms with E-state index in [2.05, 4.69) is 48.7 Å². The van der Waals surface area contributed by atoms with E-state index in [9.17, 15) is 9.59 Å². The van der Waals surface area contributed by atoms with Crippen LogP contribution in [0.4, 0.5) is 0 Å². The summed E-state index contributed by atoms with van der Waals surface area (Å²) in [5.41, 5.74) is 5.71. The van der Waals surface area contributed by atoms with Gasteiger partial charge in [0.15, 0.2) is 11.5 Å². The molecule has 0 aliphatic carbocycles. The third-order valence-corrected chi connectivity index (χ3v) is 4.57. The maximum Gasteiger partial charge on any atom is 0.259 e. The van der Waals surface area contributed by atoms with Crippen molar-refractivity contribution in [3.05, 3.63) is 59.2 Å². The molecule has 0 aliphatic heterocycles. The third-order valence-electron chi connectivity index (χ3n) is 4.57. The molecule has 160 valence electrons. The molecule has 0 heterocycles. The number of amides is 2. The average molecular weight is 412 g/mol. The third kappa shape index (κ3) is 6.07. The number of carbonyl (C=O) groups is 2. The largest absolute Gasteiger partial charge is 0.493 e. The van der Waals surface area contributed by atoms with Gasteiger partial charge >= 0.3 is 0 Å². The Morgan fingerprint density at radius 3 is 2.10 bits per heavy atom. The molecule has 0 unspecified atom stereocenters. The minimum absolute atomic E-state index is 0.0733. The molecule has 0 radical (unpaired) electrons. The van der Waals surface area contributed by atoms with Crippen molar-refractivity contribution in [1.29, 1.82) is 0 Å². The highest BCUT2D eigenvalue weighted by Crippen LogP contribution is 2.27. The Balaban J connectivity index is 1.92. The summed E-state index contributed by atoms with van der Waals surface area (Å²) in [6, 6.07) is 12.8. The van der Waals surface area contributed by atoms with E-state index in [0.29, 0.717) is 22.8 Å². The van der Waals surface area contributed by atoms with Gasteiger partial charge in [-0.1, -0.05) is 45.0 Å². The molecular weight excluding hydrogens is 382 g/mol. The van der Waals surface area contributed by atoms with Crippen LogP contribution in [-0.2, 0) is 10.2 Å². The molecule has 7 nitrogen and oxygen atoms in total. The standard InChI is InChI=1S/C23H29N3O4/c1-15(16-7-10-18(11-8-16)23(2,3)4)25-26-21(27)14-24-22(28)17-9-12-19(29-5)20(13-17)30-6/h7-13H,14H2,1-6H3,(H,24,28)(H,26,27)/b25-15-. The van der Waals surface area contributed by atoms with Gasteiger partial charge in [0.05, 0.1) is 26.5 Å². The van der Waals surface area contributed by atoms with Gasteiger partial charge in [-0.3, -0.25) is 9.59 Å². The summed E-state index contributed by atoms with van der Waals surface area (Å²) in [7, 11) is 3.01. The number of hydrazone groups is 1. The second-order valence-electron chi connectivity index (χ2n) is 7.81. The fourth-order valence-electron chi connectivity index (χ4n) is 2.70. The quantitative estimate of drug-likeness (QED) is 0.541. The van der Waals surface area contributed by atoms with Gasteiger partial charge in [-0.2, -0.15) is 5.10 Å². The van der Waals surface area contributed by atoms with Crippen LogP contribution < -0.4 is 20.2 Å². The zero-order valence-electron chi connectivity index (χ0n) is 18.3. The summed E-state index contributed by atoms with van der Waals surface area (Å²) in [4.78, 5) is 24.3. The molecule has 2 aromatic rings. The second kappa shape index (κ2) is 9.91. The van der Waals surface area contributed by atoms with Crippen LogP contribution in [0, 0.1) is 0 Å². The van der Waals surface area contributed by atoms with E-state index in [1.807, 2.05) is 19.1 Å². The highest BCUT2D eigenvalue weighted by Gasteiger charge is 2.14. The molecular formula is C23H29N3O4. The molecule has 0 aromatic heterocycles. The number of hydrogen-bond donors (Lipinski definition) is 2. The summed E-state index contributed by atoms with van der Waals surface area (Å²) < 4.78 is 10.3. The highest BCUT2D eigenvalue weighted by atomic mass is 16.5. The molecule has 7 heteroatoms. The number of hydrogen-bond acceptors (Lipinski definition) is 5. The van der Waals surface area contributed by atoms with Gasteiger partial charge < -0.3 is 14.8 Å². The normalized spacial score (nSPS) is 11.6. The van der Waals surface area contributed by atoms with E-state index in [-0.39, 0.29) is 12.0 Å². The van der Waals surface area contributed by atoms with Crippen molar-refractivity contribution in [2.75, 3.05) is 20.8 Å². The summed E-state index contributed by atoms with van der Waals surface area (Å²) in [5.74, 6) is 0.138. The number of methoxy groups -OCH3 is 2. The first-order chi connectivity index (χ1) is 14.2. The number of ether oxygens (including phenoxy) is 2. The number of carbonyl (C=O) groups excluding carboxylic acids is 2. The van der Waals surface area contributed by atoms with Gasteiger partial charge in [0, 0.05) is 5.56 Å². The molecule has 0 saturated heterocycles. The first kappa shape index (κ1) is 22.9. The van der Waals surface area contributed by atoms with Crippen molar-refractivity contribution in [2.24, 2.45) is 5.10 Å². The van der Waals surface area contributed by atoms with E-state index < -0.39 is 11.8 Å². The summed E-state index contributed by atoms with van der Waals surface area (Å²) >= 11 is 0. The topological polar surface area (TPSA) is 89.0 Å². The Morgan fingerprint density at radius 1 is 0.933 bits per heavy atom. The summed E-state index contributed by atoms with van der Waals surface area (Å²) in [6.07, 6.45) is 0. The lowest BCUT2D eigenvalue weighted by Crippen LogP contribution is -2.35. The van der Waals surface area contributed by atoms with Crippen molar-refractivity contribution in [2.45, 2.75) is 33.1 Å². The van der Waals surface area contributed by atoms with Crippen molar-refractivity contribution in [3.8, 4) is 11.5 Å². The zero-order chi connectivity index (χ0) is 22.3. The second-order valence-corrected chi connectivity index (χ2v) is 7.81. The SMILES string of the molecule is COc1ccc(C(=O)NCC(=O)N/N=C(/C)c2ccc(C(C)(C)C)cc2)cc1OC. The lowest BCUT2D eigenvalue weighted by atomic mass is 9.86. The Labute approximate surface area is 177 Å². The van der Waals surface area contributed by atoms with Crippen molar-refractivity contribution >= 4 is 17.5 Å².